The Hall–Kier alpha value is -1.38. The first kappa shape index (κ1) is 17.4. The minimum absolute atomic E-state index is 0.0501. The van der Waals surface area contributed by atoms with Gasteiger partial charge in [0.2, 0.25) is 5.91 Å². The zero-order valence-electron chi connectivity index (χ0n) is 13.8. The summed E-state index contributed by atoms with van der Waals surface area (Å²) in [6, 6.07) is 9.92. The highest BCUT2D eigenvalue weighted by Gasteiger charge is 2.19. The zero-order valence-corrected chi connectivity index (χ0v) is 16.0. The van der Waals surface area contributed by atoms with Crippen molar-refractivity contribution in [3.05, 3.63) is 51.5 Å². The molecule has 1 aliphatic rings. The molecular formula is C18H22IN3O2. The van der Waals surface area contributed by atoms with Gasteiger partial charge in [-0.1, -0.05) is 6.07 Å². The number of piperazine rings is 1. The summed E-state index contributed by atoms with van der Waals surface area (Å²) in [6.07, 6.45) is 1.71. The summed E-state index contributed by atoms with van der Waals surface area (Å²) >= 11 is 2.29. The standard InChI is InChI=1S/C18H22IN3O2/c1-14-4-5-15(11-17(14)19)20-18(23)13-22-8-6-21(7-9-22)12-16-3-2-10-24-16/h2-5,10-11H,6-9,12-13H2,1H3,(H,20,23). The van der Waals surface area contributed by atoms with Gasteiger partial charge in [0, 0.05) is 35.4 Å². The number of hydrogen-bond acceptors (Lipinski definition) is 4. The van der Waals surface area contributed by atoms with E-state index in [2.05, 4.69) is 44.6 Å². The van der Waals surface area contributed by atoms with Crippen LogP contribution in [0, 0.1) is 10.5 Å². The molecule has 1 fully saturated rings. The molecule has 1 aromatic carbocycles. The van der Waals surface area contributed by atoms with E-state index < -0.39 is 0 Å². The molecule has 0 saturated carbocycles. The highest BCUT2D eigenvalue weighted by molar-refractivity contribution is 14.1. The van der Waals surface area contributed by atoms with E-state index in [9.17, 15) is 4.79 Å². The fraction of sp³-hybridized carbons (Fsp3) is 0.389. The molecule has 0 atom stereocenters. The molecule has 6 heteroatoms. The van der Waals surface area contributed by atoms with E-state index in [1.807, 2.05) is 30.3 Å². The van der Waals surface area contributed by atoms with Crippen LogP contribution in [0.15, 0.2) is 41.0 Å². The number of nitrogens with one attached hydrogen (secondary N) is 1. The molecule has 2 aromatic rings. The zero-order chi connectivity index (χ0) is 16.9. The van der Waals surface area contributed by atoms with Crippen LogP contribution in [0.25, 0.3) is 0 Å². The van der Waals surface area contributed by atoms with E-state index in [0.29, 0.717) is 6.54 Å². The smallest absolute Gasteiger partial charge is 0.238 e. The average molecular weight is 439 g/mol. The molecule has 1 N–H and O–H groups in total. The van der Waals surface area contributed by atoms with Gasteiger partial charge in [-0.3, -0.25) is 14.6 Å². The van der Waals surface area contributed by atoms with Crippen molar-refractivity contribution in [2.45, 2.75) is 13.5 Å². The summed E-state index contributed by atoms with van der Waals surface area (Å²) in [6.45, 7) is 7.06. The highest BCUT2D eigenvalue weighted by atomic mass is 127. The van der Waals surface area contributed by atoms with Gasteiger partial charge in [-0.25, -0.2) is 0 Å². The minimum Gasteiger partial charge on any atom is -0.468 e. The molecule has 0 spiro atoms. The molecule has 0 unspecified atom stereocenters. The maximum absolute atomic E-state index is 12.2. The van der Waals surface area contributed by atoms with Gasteiger partial charge >= 0.3 is 0 Å². The number of carbonyl (C=O) groups excluding carboxylic acids is 1. The van der Waals surface area contributed by atoms with Crippen LogP contribution in [0.3, 0.4) is 0 Å². The Morgan fingerprint density at radius 1 is 1.21 bits per heavy atom. The van der Waals surface area contributed by atoms with Crippen molar-refractivity contribution in [2.24, 2.45) is 0 Å². The Balaban J connectivity index is 1.43. The van der Waals surface area contributed by atoms with Crippen LogP contribution >= 0.6 is 22.6 Å². The lowest BCUT2D eigenvalue weighted by Gasteiger charge is -2.33. The van der Waals surface area contributed by atoms with Crippen molar-refractivity contribution < 1.29 is 9.21 Å². The lowest BCUT2D eigenvalue weighted by molar-refractivity contribution is -0.117. The lowest BCUT2D eigenvalue weighted by atomic mass is 10.2. The number of furan rings is 1. The molecule has 1 saturated heterocycles. The number of benzene rings is 1. The lowest BCUT2D eigenvalue weighted by Crippen LogP contribution is -2.48. The topological polar surface area (TPSA) is 48.7 Å². The summed E-state index contributed by atoms with van der Waals surface area (Å²) in [4.78, 5) is 16.8. The molecule has 0 radical (unpaired) electrons. The third-order valence-corrected chi connectivity index (χ3v) is 5.41. The maximum atomic E-state index is 12.2. The summed E-state index contributed by atoms with van der Waals surface area (Å²) < 4.78 is 6.56. The number of nitrogens with zero attached hydrogens (tertiary/aromatic N) is 2. The van der Waals surface area contributed by atoms with Gasteiger partial charge < -0.3 is 9.73 Å². The second kappa shape index (κ2) is 8.13. The Morgan fingerprint density at radius 2 is 1.96 bits per heavy atom. The van der Waals surface area contributed by atoms with Crippen molar-refractivity contribution in [3.8, 4) is 0 Å². The Morgan fingerprint density at radius 3 is 2.62 bits per heavy atom. The van der Waals surface area contributed by atoms with Crippen molar-refractivity contribution in [2.75, 3.05) is 38.0 Å². The number of hydrogen-bond donors (Lipinski definition) is 1. The molecule has 1 amide bonds. The highest BCUT2D eigenvalue weighted by Crippen LogP contribution is 2.17. The fourth-order valence-electron chi connectivity index (χ4n) is 2.80. The van der Waals surface area contributed by atoms with Crippen LogP contribution in [-0.2, 0) is 11.3 Å². The predicted octanol–water partition coefficient (Wildman–Crippen LogP) is 2.95. The second-order valence-corrected chi connectivity index (χ2v) is 7.31. The van der Waals surface area contributed by atoms with Crippen molar-refractivity contribution in [1.29, 1.82) is 0 Å². The maximum Gasteiger partial charge on any atom is 0.238 e. The molecule has 3 rings (SSSR count). The van der Waals surface area contributed by atoms with E-state index in [-0.39, 0.29) is 5.91 Å². The van der Waals surface area contributed by atoms with Crippen molar-refractivity contribution >= 4 is 34.2 Å². The van der Waals surface area contributed by atoms with Gasteiger partial charge in [0.25, 0.3) is 0 Å². The van der Waals surface area contributed by atoms with Gasteiger partial charge in [-0.2, -0.15) is 0 Å². The number of carbonyl (C=O) groups is 1. The molecular weight excluding hydrogens is 417 g/mol. The Labute approximate surface area is 156 Å². The first-order valence-electron chi connectivity index (χ1n) is 8.13. The van der Waals surface area contributed by atoms with Gasteiger partial charge in [0.05, 0.1) is 19.4 Å². The first-order valence-corrected chi connectivity index (χ1v) is 9.21. The number of amides is 1. The van der Waals surface area contributed by atoms with Crippen LogP contribution in [-0.4, -0.2) is 48.4 Å². The third kappa shape index (κ3) is 4.81. The summed E-state index contributed by atoms with van der Waals surface area (Å²) in [5.41, 5.74) is 2.09. The van der Waals surface area contributed by atoms with Crippen LogP contribution in [0.5, 0.6) is 0 Å². The monoisotopic (exact) mass is 439 g/mol. The van der Waals surface area contributed by atoms with E-state index in [4.69, 9.17) is 4.42 Å². The first-order chi connectivity index (χ1) is 11.6. The Kier molecular flexibility index (Phi) is 5.91. The van der Waals surface area contributed by atoms with Crippen LogP contribution < -0.4 is 5.32 Å². The predicted molar refractivity (Wildman–Crippen MR) is 103 cm³/mol. The molecule has 2 heterocycles. The molecule has 1 aromatic heterocycles. The molecule has 1 aliphatic heterocycles. The number of halogens is 1. The number of anilines is 1. The largest absolute Gasteiger partial charge is 0.468 e. The van der Waals surface area contributed by atoms with E-state index in [0.717, 1.165) is 47.7 Å². The third-order valence-electron chi connectivity index (χ3n) is 4.25. The van der Waals surface area contributed by atoms with E-state index in [1.54, 1.807) is 6.26 Å². The van der Waals surface area contributed by atoms with Gasteiger partial charge in [-0.15, -0.1) is 0 Å². The SMILES string of the molecule is Cc1ccc(NC(=O)CN2CCN(Cc3ccco3)CC2)cc1I. The molecule has 0 aliphatic carbocycles. The van der Waals surface area contributed by atoms with Gasteiger partial charge in [-0.05, 0) is 59.3 Å². The minimum atomic E-state index is 0.0501. The van der Waals surface area contributed by atoms with Crippen LogP contribution in [0.4, 0.5) is 5.69 Å². The van der Waals surface area contributed by atoms with Crippen molar-refractivity contribution in [1.82, 2.24) is 9.80 Å². The van der Waals surface area contributed by atoms with E-state index in [1.165, 1.54) is 5.56 Å². The number of rotatable bonds is 5. The summed E-state index contributed by atoms with van der Waals surface area (Å²) in [5.74, 6) is 1.05. The molecule has 24 heavy (non-hydrogen) atoms. The Bertz CT molecular complexity index is 680. The van der Waals surface area contributed by atoms with Gasteiger partial charge in [0.15, 0.2) is 0 Å². The van der Waals surface area contributed by atoms with Crippen molar-refractivity contribution in [3.63, 3.8) is 0 Å². The van der Waals surface area contributed by atoms with Crippen LogP contribution in [0.1, 0.15) is 11.3 Å². The summed E-state index contributed by atoms with van der Waals surface area (Å²) in [7, 11) is 0. The molecule has 5 nitrogen and oxygen atoms in total. The van der Waals surface area contributed by atoms with Crippen LogP contribution in [0.2, 0.25) is 0 Å². The summed E-state index contributed by atoms with van der Waals surface area (Å²) in [5, 5.41) is 2.99. The molecule has 0 bridgehead atoms. The quantitative estimate of drug-likeness (QED) is 0.729. The molecule has 128 valence electrons. The number of aryl methyl sites for hydroxylation is 1. The fourth-order valence-corrected chi connectivity index (χ4v) is 3.32. The average Bonchev–Trinajstić information content (AvgIpc) is 3.06. The second-order valence-electron chi connectivity index (χ2n) is 6.14. The van der Waals surface area contributed by atoms with E-state index >= 15 is 0 Å². The normalized spacial score (nSPS) is 16.2. The van der Waals surface area contributed by atoms with Gasteiger partial charge in [0.1, 0.15) is 5.76 Å².